The lowest BCUT2D eigenvalue weighted by Gasteiger charge is -2.19. The molecule has 1 unspecified atom stereocenters. The second kappa shape index (κ2) is 5.27. The maximum absolute atomic E-state index is 11.4. The maximum atomic E-state index is 11.4. The fourth-order valence-corrected chi connectivity index (χ4v) is 1.92. The molecule has 1 aliphatic rings. The number of ether oxygens (including phenoxy) is 2. The number of aliphatic carboxylic acids is 1. The summed E-state index contributed by atoms with van der Waals surface area (Å²) in [4.78, 5) is 11.4. The monoisotopic (exact) mass is 251 g/mol. The van der Waals surface area contributed by atoms with Crippen molar-refractivity contribution in [2.75, 3.05) is 14.2 Å². The second-order valence-electron chi connectivity index (χ2n) is 4.29. The first-order valence-corrected chi connectivity index (χ1v) is 5.87. The molecule has 0 saturated heterocycles. The molecular weight excluding hydrogens is 234 g/mol. The van der Waals surface area contributed by atoms with Gasteiger partial charge in [0.2, 0.25) is 0 Å². The highest BCUT2D eigenvalue weighted by atomic mass is 16.5. The van der Waals surface area contributed by atoms with E-state index in [1.165, 1.54) is 14.2 Å². The highest BCUT2D eigenvalue weighted by molar-refractivity contribution is 5.77. The van der Waals surface area contributed by atoms with E-state index >= 15 is 0 Å². The molecule has 0 radical (unpaired) electrons. The quantitative estimate of drug-likeness (QED) is 0.803. The molecule has 1 aliphatic carbocycles. The molecule has 5 heteroatoms. The molecule has 2 rings (SSSR count). The Bertz CT molecular complexity index is 443. The lowest BCUT2D eigenvalue weighted by Crippen LogP contribution is -2.30. The molecular formula is C13H17NO4. The molecule has 0 bridgehead atoms. The minimum absolute atomic E-state index is 0.294. The Morgan fingerprint density at radius 3 is 2.61 bits per heavy atom. The summed E-state index contributed by atoms with van der Waals surface area (Å²) in [6.45, 7) is 0. The van der Waals surface area contributed by atoms with Crippen LogP contribution in [0.4, 0.5) is 0 Å². The van der Waals surface area contributed by atoms with Crippen molar-refractivity contribution < 1.29 is 19.4 Å². The molecule has 0 aliphatic heterocycles. The van der Waals surface area contributed by atoms with Gasteiger partial charge in [-0.2, -0.15) is 0 Å². The van der Waals surface area contributed by atoms with Gasteiger partial charge >= 0.3 is 5.97 Å². The van der Waals surface area contributed by atoms with E-state index in [9.17, 15) is 9.90 Å². The largest absolute Gasteiger partial charge is 0.493 e. The van der Waals surface area contributed by atoms with Crippen LogP contribution >= 0.6 is 0 Å². The van der Waals surface area contributed by atoms with Crippen LogP contribution in [0.2, 0.25) is 0 Å². The molecule has 1 fully saturated rings. The minimum Gasteiger partial charge on any atom is -0.493 e. The highest BCUT2D eigenvalue weighted by Crippen LogP contribution is 2.36. The SMILES string of the molecule is COc1cccc(C(NC2CC2)C(=O)O)c1OC. The zero-order chi connectivity index (χ0) is 13.1. The van der Waals surface area contributed by atoms with Crippen molar-refractivity contribution in [3.8, 4) is 11.5 Å². The average Bonchev–Trinajstić information content (AvgIpc) is 3.18. The molecule has 98 valence electrons. The van der Waals surface area contributed by atoms with E-state index in [0.29, 0.717) is 23.1 Å². The van der Waals surface area contributed by atoms with Crippen LogP contribution in [0.3, 0.4) is 0 Å². The molecule has 18 heavy (non-hydrogen) atoms. The second-order valence-corrected chi connectivity index (χ2v) is 4.29. The van der Waals surface area contributed by atoms with Crippen LogP contribution < -0.4 is 14.8 Å². The van der Waals surface area contributed by atoms with Crippen molar-refractivity contribution in [1.82, 2.24) is 5.32 Å². The Hall–Kier alpha value is -1.75. The first-order valence-electron chi connectivity index (χ1n) is 5.87. The van der Waals surface area contributed by atoms with Crippen molar-refractivity contribution in [1.29, 1.82) is 0 Å². The predicted octanol–water partition coefficient (Wildman–Crippen LogP) is 1.58. The van der Waals surface area contributed by atoms with Gasteiger partial charge in [0.25, 0.3) is 0 Å². The molecule has 0 heterocycles. The molecule has 2 N–H and O–H groups in total. The van der Waals surface area contributed by atoms with E-state index in [2.05, 4.69) is 5.32 Å². The lowest BCUT2D eigenvalue weighted by molar-refractivity contribution is -0.139. The van der Waals surface area contributed by atoms with Gasteiger partial charge in [-0.15, -0.1) is 0 Å². The van der Waals surface area contributed by atoms with Gasteiger partial charge in [-0.1, -0.05) is 12.1 Å². The molecule has 1 aromatic carbocycles. The Labute approximate surface area is 106 Å². The highest BCUT2D eigenvalue weighted by Gasteiger charge is 2.31. The van der Waals surface area contributed by atoms with Crippen LogP contribution in [0.1, 0.15) is 24.4 Å². The van der Waals surface area contributed by atoms with Crippen molar-refractivity contribution in [2.45, 2.75) is 24.9 Å². The number of carboxylic acid groups (broad SMARTS) is 1. The maximum Gasteiger partial charge on any atom is 0.325 e. The first kappa shape index (κ1) is 12.7. The summed E-state index contributed by atoms with van der Waals surface area (Å²) in [6, 6.07) is 4.79. The van der Waals surface area contributed by atoms with Crippen LogP contribution in [0, 0.1) is 0 Å². The summed E-state index contributed by atoms with van der Waals surface area (Å²) < 4.78 is 10.5. The normalized spacial score (nSPS) is 16.1. The molecule has 0 aromatic heterocycles. The van der Waals surface area contributed by atoms with E-state index in [1.807, 2.05) is 0 Å². The number of benzene rings is 1. The summed E-state index contributed by atoms with van der Waals surface area (Å²) in [5, 5.41) is 12.4. The van der Waals surface area contributed by atoms with E-state index < -0.39 is 12.0 Å². The minimum atomic E-state index is -0.909. The van der Waals surface area contributed by atoms with Gasteiger partial charge in [-0.25, -0.2) is 0 Å². The van der Waals surface area contributed by atoms with Crippen LogP contribution in [0.5, 0.6) is 11.5 Å². The number of carbonyl (C=O) groups is 1. The number of para-hydroxylation sites is 1. The van der Waals surface area contributed by atoms with Crippen LogP contribution in [0.15, 0.2) is 18.2 Å². The third-order valence-corrected chi connectivity index (χ3v) is 2.97. The topological polar surface area (TPSA) is 67.8 Å². The zero-order valence-corrected chi connectivity index (χ0v) is 10.5. The van der Waals surface area contributed by atoms with E-state index in [-0.39, 0.29) is 0 Å². The Morgan fingerprint density at radius 1 is 1.39 bits per heavy atom. The standard InChI is InChI=1S/C13H17NO4/c1-17-10-5-3-4-9(12(10)18-2)11(13(15)16)14-8-6-7-8/h3-5,8,11,14H,6-7H2,1-2H3,(H,15,16). The molecule has 1 saturated carbocycles. The smallest absolute Gasteiger partial charge is 0.325 e. The Morgan fingerprint density at radius 2 is 2.11 bits per heavy atom. The van der Waals surface area contributed by atoms with Crippen molar-refractivity contribution >= 4 is 5.97 Å². The van der Waals surface area contributed by atoms with Crippen LogP contribution in [0.25, 0.3) is 0 Å². The first-order chi connectivity index (χ1) is 8.67. The summed E-state index contributed by atoms with van der Waals surface area (Å²) in [5.41, 5.74) is 0.594. The Kier molecular flexibility index (Phi) is 3.72. The van der Waals surface area contributed by atoms with E-state index in [4.69, 9.17) is 9.47 Å². The third-order valence-electron chi connectivity index (χ3n) is 2.97. The van der Waals surface area contributed by atoms with Gasteiger partial charge in [-0.3, -0.25) is 10.1 Å². The van der Waals surface area contributed by atoms with Gasteiger partial charge in [0.05, 0.1) is 14.2 Å². The van der Waals surface area contributed by atoms with Crippen molar-refractivity contribution in [3.05, 3.63) is 23.8 Å². The fraction of sp³-hybridized carbons (Fsp3) is 0.462. The van der Waals surface area contributed by atoms with Gasteiger partial charge in [0.15, 0.2) is 11.5 Å². The summed E-state index contributed by atoms with van der Waals surface area (Å²) in [7, 11) is 3.04. The molecule has 1 aromatic rings. The number of hydrogen-bond donors (Lipinski definition) is 2. The average molecular weight is 251 g/mol. The Balaban J connectivity index is 2.35. The van der Waals surface area contributed by atoms with E-state index in [0.717, 1.165) is 12.8 Å². The molecule has 0 amide bonds. The van der Waals surface area contributed by atoms with Crippen molar-refractivity contribution in [2.24, 2.45) is 0 Å². The number of carboxylic acids is 1. The number of rotatable bonds is 6. The van der Waals surface area contributed by atoms with Gasteiger partial charge in [-0.05, 0) is 18.9 Å². The summed E-state index contributed by atoms with van der Waals surface area (Å²) in [5.74, 6) is 0.104. The number of nitrogens with one attached hydrogen (secondary N) is 1. The number of hydrogen-bond acceptors (Lipinski definition) is 4. The van der Waals surface area contributed by atoms with Gasteiger partial charge in [0.1, 0.15) is 6.04 Å². The van der Waals surface area contributed by atoms with Crippen LogP contribution in [-0.2, 0) is 4.79 Å². The van der Waals surface area contributed by atoms with Gasteiger partial charge in [0, 0.05) is 11.6 Å². The van der Waals surface area contributed by atoms with Crippen molar-refractivity contribution in [3.63, 3.8) is 0 Å². The predicted molar refractivity (Wildman–Crippen MR) is 66.1 cm³/mol. The fourth-order valence-electron chi connectivity index (χ4n) is 1.92. The molecule has 5 nitrogen and oxygen atoms in total. The van der Waals surface area contributed by atoms with Crippen LogP contribution in [-0.4, -0.2) is 31.3 Å². The third kappa shape index (κ3) is 2.56. The number of methoxy groups -OCH3 is 2. The lowest BCUT2D eigenvalue weighted by atomic mass is 10.0. The van der Waals surface area contributed by atoms with E-state index in [1.54, 1.807) is 18.2 Å². The summed E-state index contributed by atoms with van der Waals surface area (Å²) in [6.07, 6.45) is 2.05. The van der Waals surface area contributed by atoms with Gasteiger partial charge < -0.3 is 14.6 Å². The summed E-state index contributed by atoms with van der Waals surface area (Å²) >= 11 is 0. The molecule has 1 atom stereocenters. The molecule has 0 spiro atoms. The zero-order valence-electron chi connectivity index (χ0n) is 10.5.